The smallest absolute Gasteiger partial charge is 0.340 e. The Morgan fingerprint density at radius 2 is 1.90 bits per heavy atom. The Kier molecular flexibility index (Phi) is 6.19. The van der Waals surface area contributed by atoms with Crippen LogP contribution in [0.2, 0.25) is 0 Å². The predicted octanol–water partition coefficient (Wildman–Crippen LogP) is 1.23. The Bertz CT molecular complexity index is 1290. The van der Waals surface area contributed by atoms with E-state index in [2.05, 4.69) is 10.3 Å². The first-order valence-corrected chi connectivity index (χ1v) is 9.49. The lowest BCUT2D eigenvalue weighted by atomic mass is 10.2. The quantitative estimate of drug-likeness (QED) is 0.588. The fourth-order valence-corrected chi connectivity index (χ4v) is 3.24. The molecule has 0 saturated carbocycles. The Labute approximate surface area is 177 Å². The zero-order valence-electron chi connectivity index (χ0n) is 17.6. The van der Waals surface area contributed by atoms with Gasteiger partial charge in [0.2, 0.25) is 5.91 Å². The number of nitrogens with one attached hydrogen (secondary N) is 1. The first kappa shape index (κ1) is 21.8. The Morgan fingerprint density at radius 3 is 2.58 bits per heavy atom. The minimum atomic E-state index is -0.704. The van der Waals surface area contributed by atoms with Gasteiger partial charge in [-0.1, -0.05) is 12.1 Å². The number of amides is 1. The van der Waals surface area contributed by atoms with Gasteiger partial charge < -0.3 is 14.8 Å². The zero-order chi connectivity index (χ0) is 22.7. The summed E-state index contributed by atoms with van der Waals surface area (Å²) < 4.78 is 12.3. The third-order valence-electron chi connectivity index (χ3n) is 4.69. The molecule has 1 aromatic carbocycles. The maximum Gasteiger partial charge on any atom is 0.340 e. The van der Waals surface area contributed by atoms with Crippen LogP contribution in [0.4, 0.5) is 5.69 Å². The summed E-state index contributed by atoms with van der Waals surface area (Å²) in [4.78, 5) is 54.7. The van der Waals surface area contributed by atoms with E-state index in [9.17, 15) is 19.2 Å². The third kappa shape index (κ3) is 4.04. The minimum Gasteiger partial charge on any atom is -0.495 e. The van der Waals surface area contributed by atoms with Crippen molar-refractivity contribution in [1.82, 2.24) is 14.1 Å². The molecule has 0 unspecified atom stereocenters. The summed E-state index contributed by atoms with van der Waals surface area (Å²) in [7, 11) is 2.87. The number of ether oxygens (including phenoxy) is 2. The molecular formula is C21H22N4O6. The van der Waals surface area contributed by atoms with Crippen molar-refractivity contribution in [2.75, 3.05) is 19.0 Å². The number of aryl methyl sites for hydroxylation is 2. The van der Waals surface area contributed by atoms with Gasteiger partial charge >= 0.3 is 11.7 Å². The predicted molar refractivity (Wildman–Crippen MR) is 114 cm³/mol. The second-order valence-corrected chi connectivity index (χ2v) is 6.72. The van der Waals surface area contributed by atoms with Gasteiger partial charge in [-0.25, -0.2) is 19.1 Å². The van der Waals surface area contributed by atoms with Crippen LogP contribution < -0.4 is 21.3 Å². The van der Waals surface area contributed by atoms with E-state index >= 15 is 0 Å². The standard InChI is InChI=1S/C21H22N4O6/c1-5-31-20(28)13-8-6-7-9-14(13)23-15(26)11-25-19(27)16-17(30-4)12(2)10-22-18(16)24(3)21(25)29/h6-10H,5,11H2,1-4H3,(H,23,26). The largest absolute Gasteiger partial charge is 0.495 e. The first-order valence-electron chi connectivity index (χ1n) is 9.49. The normalized spacial score (nSPS) is 10.7. The average Bonchev–Trinajstić information content (AvgIpc) is 2.75. The summed E-state index contributed by atoms with van der Waals surface area (Å²) in [6, 6.07) is 6.31. The van der Waals surface area contributed by atoms with Crippen molar-refractivity contribution >= 4 is 28.6 Å². The van der Waals surface area contributed by atoms with Crippen molar-refractivity contribution in [1.29, 1.82) is 0 Å². The second-order valence-electron chi connectivity index (χ2n) is 6.72. The lowest BCUT2D eigenvalue weighted by Gasteiger charge is -2.14. The summed E-state index contributed by atoms with van der Waals surface area (Å²) in [5.41, 5.74) is -0.249. The Morgan fingerprint density at radius 1 is 1.19 bits per heavy atom. The summed E-state index contributed by atoms with van der Waals surface area (Å²) in [6.07, 6.45) is 1.50. The molecule has 0 fully saturated rings. The van der Waals surface area contributed by atoms with Crippen LogP contribution in [0.25, 0.3) is 11.0 Å². The molecule has 2 heterocycles. The summed E-state index contributed by atoms with van der Waals surface area (Å²) >= 11 is 0. The number of carbonyl (C=O) groups is 2. The first-order chi connectivity index (χ1) is 14.8. The molecule has 0 radical (unpaired) electrons. The molecule has 1 N–H and O–H groups in total. The van der Waals surface area contributed by atoms with Gasteiger partial charge in [0.15, 0.2) is 5.65 Å². The SMILES string of the molecule is CCOC(=O)c1ccccc1NC(=O)Cn1c(=O)c2c(OC)c(C)cnc2n(C)c1=O. The lowest BCUT2D eigenvalue weighted by Crippen LogP contribution is -2.42. The van der Waals surface area contributed by atoms with Gasteiger partial charge in [0.25, 0.3) is 5.56 Å². The topological polar surface area (TPSA) is 122 Å². The maximum absolute atomic E-state index is 13.1. The number of nitrogens with zero attached hydrogens (tertiary/aromatic N) is 3. The highest BCUT2D eigenvalue weighted by molar-refractivity contribution is 6.01. The summed E-state index contributed by atoms with van der Waals surface area (Å²) in [5.74, 6) is -0.967. The highest BCUT2D eigenvalue weighted by Crippen LogP contribution is 2.23. The van der Waals surface area contributed by atoms with E-state index in [1.54, 1.807) is 26.0 Å². The van der Waals surface area contributed by atoms with E-state index in [1.807, 2.05) is 0 Å². The van der Waals surface area contributed by atoms with E-state index in [0.29, 0.717) is 5.56 Å². The van der Waals surface area contributed by atoms with E-state index in [0.717, 1.165) is 4.57 Å². The monoisotopic (exact) mass is 426 g/mol. The van der Waals surface area contributed by atoms with Crippen molar-refractivity contribution < 1.29 is 19.1 Å². The molecular weight excluding hydrogens is 404 g/mol. The van der Waals surface area contributed by atoms with Gasteiger partial charge in [-0.2, -0.15) is 0 Å². The number of anilines is 1. The van der Waals surface area contributed by atoms with Gasteiger partial charge in [0.1, 0.15) is 17.7 Å². The molecule has 3 aromatic rings. The van der Waals surface area contributed by atoms with Crippen LogP contribution in [0, 0.1) is 6.92 Å². The molecule has 162 valence electrons. The van der Waals surface area contributed by atoms with Crippen molar-refractivity contribution in [3.8, 4) is 5.75 Å². The molecule has 0 saturated heterocycles. The van der Waals surface area contributed by atoms with Gasteiger partial charge in [-0.15, -0.1) is 0 Å². The summed E-state index contributed by atoms with van der Waals surface area (Å²) in [6.45, 7) is 3.01. The molecule has 31 heavy (non-hydrogen) atoms. The number of pyridine rings is 1. The van der Waals surface area contributed by atoms with E-state index < -0.39 is 29.7 Å². The van der Waals surface area contributed by atoms with Crippen molar-refractivity contribution in [2.45, 2.75) is 20.4 Å². The number of benzene rings is 1. The van der Waals surface area contributed by atoms with E-state index in [4.69, 9.17) is 9.47 Å². The van der Waals surface area contributed by atoms with Crippen LogP contribution in [0.5, 0.6) is 5.75 Å². The van der Waals surface area contributed by atoms with Crippen molar-refractivity contribution in [2.24, 2.45) is 7.05 Å². The molecule has 0 aliphatic rings. The van der Waals surface area contributed by atoms with Gasteiger partial charge in [-0.3, -0.25) is 14.2 Å². The fraction of sp³-hybridized carbons (Fsp3) is 0.286. The summed E-state index contributed by atoms with van der Waals surface area (Å²) in [5, 5.41) is 2.67. The number of para-hydroxylation sites is 1. The van der Waals surface area contributed by atoms with Crippen molar-refractivity contribution in [3.63, 3.8) is 0 Å². The number of methoxy groups -OCH3 is 1. The molecule has 0 aliphatic heterocycles. The van der Waals surface area contributed by atoms with Crippen LogP contribution in [-0.4, -0.2) is 39.7 Å². The molecule has 1 amide bonds. The molecule has 10 nitrogen and oxygen atoms in total. The molecule has 2 aromatic heterocycles. The Hall–Kier alpha value is -3.95. The zero-order valence-corrected chi connectivity index (χ0v) is 17.6. The number of rotatable bonds is 6. The number of fused-ring (bicyclic) bond motifs is 1. The number of aromatic nitrogens is 3. The van der Waals surface area contributed by atoms with Crippen LogP contribution in [-0.2, 0) is 23.1 Å². The third-order valence-corrected chi connectivity index (χ3v) is 4.69. The Balaban J connectivity index is 2.02. The number of hydrogen-bond donors (Lipinski definition) is 1. The van der Waals surface area contributed by atoms with Crippen molar-refractivity contribution in [3.05, 3.63) is 62.4 Å². The fourth-order valence-electron chi connectivity index (χ4n) is 3.24. The number of carbonyl (C=O) groups excluding carboxylic acids is 2. The van der Waals surface area contributed by atoms with Gasteiger partial charge in [-0.05, 0) is 26.0 Å². The molecule has 3 rings (SSSR count). The maximum atomic E-state index is 13.1. The molecule has 10 heteroatoms. The van der Waals surface area contributed by atoms with Gasteiger partial charge in [0.05, 0.1) is 25.0 Å². The highest BCUT2D eigenvalue weighted by atomic mass is 16.5. The molecule has 0 spiro atoms. The number of hydrogen-bond acceptors (Lipinski definition) is 7. The van der Waals surface area contributed by atoms with E-state index in [1.165, 1.54) is 37.1 Å². The second kappa shape index (κ2) is 8.82. The highest BCUT2D eigenvalue weighted by Gasteiger charge is 2.20. The average molecular weight is 426 g/mol. The van der Waals surface area contributed by atoms with Crippen LogP contribution in [0.15, 0.2) is 40.1 Å². The van der Waals surface area contributed by atoms with Crippen LogP contribution >= 0.6 is 0 Å². The van der Waals surface area contributed by atoms with Crippen LogP contribution in [0.1, 0.15) is 22.8 Å². The number of esters is 1. The van der Waals surface area contributed by atoms with Crippen LogP contribution in [0.3, 0.4) is 0 Å². The molecule has 0 atom stereocenters. The molecule has 0 bridgehead atoms. The van der Waals surface area contributed by atoms with E-state index in [-0.39, 0.29) is 34.6 Å². The van der Waals surface area contributed by atoms with Gasteiger partial charge in [0, 0.05) is 18.8 Å². The minimum absolute atomic E-state index is 0.101. The molecule has 0 aliphatic carbocycles. The lowest BCUT2D eigenvalue weighted by molar-refractivity contribution is -0.116.